The van der Waals surface area contributed by atoms with Gasteiger partial charge in [0, 0.05) is 30.1 Å². The number of rotatable bonds is 8. The standard InChI is InChI=1S/C13H22N2S/c1-3-8-14-13(11-16-4-2)10-12-7-5-6-9-15-12/h5-7,9,13-14H,3-4,8,10-11H2,1-2H3. The fourth-order valence-electron chi connectivity index (χ4n) is 1.57. The zero-order chi connectivity index (χ0) is 11.6. The normalized spacial score (nSPS) is 12.6. The number of thioether (sulfide) groups is 1. The van der Waals surface area contributed by atoms with E-state index in [9.17, 15) is 0 Å². The van der Waals surface area contributed by atoms with Gasteiger partial charge >= 0.3 is 0 Å². The van der Waals surface area contributed by atoms with E-state index >= 15 is 0 Å². The van der Waals surface area contributed by atoms with Crippen LogP contribution < -0.4 is 5.32 Å². The molecule has 2 nitrogen and oxygen atoms in total. The number of hydrogen-bond donors (Lipinski definition) is 1. The third kappa shape index (κ3) is 5.52. The predicted molar refractivity (Wildman–Crippen MR) is 73.0 cm³/mol. The number of aromatic nitrogens is 1. The molecule has 16 heavy (non-hydrogen) atoms. The van der Waals surface area contributed by atoms with E-state index in [1.165, 1.54) is 23.6 Å². The molecule has 1 rings (SSSR count). The molecule has 3 heteroatoms. The lowest BCUT2D eigenvalue weighted by Gasteiger charge is -2.17. The third-order valence-corrected chi connectivity index (χ3v) is 3.43. The third-order valence-electron chi connectivity index (χ3n) is 2.39. The first-order chi connectivity index (χ1) is 7.86. The summed E-state index contributed by atoms with van der Waals surface area (Å²) in [6.45, 7) is 5.52. The van der Waals surface area contributed by atoms with Gasteiger partial charge in [-0.1, -0.05) is 19.9 Å². The van der Waals surface area contributed by atoms with Gasteiger partial charge in [-0.05, 0) is 30.9 Å². The van der Waals surface area contributed by atoms with Gasteiger partial charge in [-0.15, -0.1) is 0 Å². The summed E-state index contributed by atoms with van der Waals surface area (Å²) in [6.07, 6.45) is 4.10. The summed E-state index contributed by atoms with van der Waals surface area (Å²) in [4.78, 5) is 4.39. The molecular weight excluding hydrogens is 216 g/mol. The Morgan fingerprint density at radius 1 is 1.38 bits per heavy atom. The van der Waals surface area contributed by atoms with Crippen molar-refractivity contribution < 1.29 is 0 Å². The van der Waals surface area contributed by atoms with Crippen LogP contribution in [0.4, 0.5) is 0 Å². The highest BCUT2D eigenvalue weighted by atomic mass is 32.2. The van der Waals surface area contributed by atoms with Crippen LogP contribution in [-0.2, 0) is 6.42 Å². The minimum absolute atomic E-state index is 0.555. The van der Waals surface area contributed by atoms with Crippen molar-refractivity contribution in [1.82, 2.24) is 10.3 Å². The average molecular weight is 238 g/mol. The predicted octanol–water partition coefficient (Wildman–Crippen LogP) is 2.75. The number of nitrogens with zero attached hydrogens (tertiary/aromatic N) is 1. The number of nitrogens with one attached hydrogen (secondary N) is 1. The Balaban J connectivity index is 2.42. The molecule has 1 aromatic rings. The SMILES string of the molecule is CCCNC(CSCC)Cc1ccccn1. The van der Waals surface area contributed by atoms with Crippen LogP contribution in [-0.4, -0.2) is 29.1 Å². The second-order valence-corrected chi connectivity index (χ2v) is 5.15. The highest BCUT2D eigenvalue weighted by molar-refractivity contribution is 7.99. The first kappa shape index (κ1) is 13.5. The summed E-state index contributed by atoms with van der Waals surface area (Å²) < 4.78 is 0. The Morgan fingerprint density at radius 3 is 2.88 bits per heavy atom. The van der Waals surface area contributed by atoms with Gasteiger partial charge in [-0.25, -0.2) is 0 Å². The number of pyridine rings is 1. The summed E-state index contributed by atoms with van der Waals surface area (Å²) >= 11 is 2.00. The van der Waals surface area contributed by atoms with Crippen LogP contribution >= 0.6 is 11.8 Å². The molecule has 1 N–H and O–H groups in total. The lowest BCUT2D eigenvalue weighted by molar-refractivity contribution is 0.545. The summed E-state index contributed by atoms with van der Waals surface area (Å²) in [5.41, 5.74) is 1.19. The molecule has 1 atom stereocenters. The van der Waals surface area contributed by atoms with Gasteiger partial charge in [-0.2, -0.15) is 11.8 Å². The van der Waals surface area contributed by atoms with Gasteiger partial charge in [-0.3, -0.25) is 4.98 Å². The summed E-state index contributed by atoms with van der Waals surface area (Å²) in [5, 5.41) is 3.59. The van der Waals surface area contributed by atoms with Crippen molar-refractivity contribution in [2.45, 2.75) is 32.7 Å². The summed E-state index contributed by atoms with van der Waals surface area (Å²) in [7, 11) is 0. The molecule has 0 spiro atoms. The van der Waals surface area contributed by atoms with Crippen LogP contribution in [0.5, 0.6) is 0 Å². The Hall–Kier alpha value is -0.540. The molecule has 90 valence electrons. The molecule has 0 aliphatic heterocycles. The molecule has 0 radical (unpaired) electrons. The van der Waals surface area contributed by atoms with E-state index in [2.05, 4.69) is 36.3 Å². The first-order valence-electron chi connectivity index (χ1n) is 6.07. The maximum Gasteiger partial charge on any atom is 0.0419 e. The van der Waals surface area contributed by atoms with Crippen molar-refractivity contribution in [1.29, 1.82) is 0 Å². The minimum Gasteiger partial charge on any atom is -0.313 e. The lowest BCUT2D eigenvalue weighted by Crippen LogP contribution is -2.34. The van der Waals surface area contributed by atoms with E-state index < -0.39 is 0 Å². The molecule has 1 aromatic heterocycles. The van der Waals surface area contributed by atoms with Gasteiger partial charge < -0.3 is 5.32 Å². The molecule has 0 aliphatic carbocycles. The maximum absolute atomic E-state index is 4.39. The van der Waals surface area contributed by atoms with E-state index in [0.29, 0.717) is 6.04 Å². The zero-order valence-corrected chi connectivity index (χ0v) is 11.1. The van der Waals surface area contributed by atoms with Gasteiger partial charge in [0.05, 0.1) is 0 Å². The molecule has 1 heterocycles. The van der Waals surface area contributed by atoms with Crippen molar-refractivity contribution in [2.75, 3.05) is 18.1 Å². The van der Waals surface area contributed by atoms with E-state index in [1.54, 1.807) is 0 Å². The molecule has 0 aromatic carbocycles. The topological polar surface area (TPSA) is 24.9 Å². The highest BCUT2D eigenvalue weighted by Gasteiger charge is 2.08. The van der Waals surface area contributed by atoms with Crippen LogP contribution in [0.3, 0.4) is 0 Å². The van der Waals surface area contributed by atoms with E-state index in [1.807, 2.05) is 24.0 Å². The summed E-state index contributed by atoms with van der Waals surface area (Å²) in [5.74, 6) is 2.36. The molecule has 0 bridgehead atoms. The lowest BCUT2D eigenvalue weighted by atomic mass is 10.1. The van der Waals surface area contributed by atoms with Crippen molar-refractivity contribution in [3.05, 3.63) is 30.1 Å². The van der Waals surface area contributed by atoms with Crippen LogP contribution in [0, 0.1) is 0 Å². The fraction of sp³-hybridized carbons (Fsp3) is 0.615. The van der Waals surface area contributed by atoms with Gasteiger partial charge in [0.25, 0.3) is 0 Å². The monoisotopic (exact) mass is 238 g/mol. The average Bonchev–Trinajstić information content (AvgIpc) is 2.34. The van der Waals surface area contributed by atoms with Crippen molar-refractivity contribution in [3.63, 3.8) is 0 Å². The first-order valence-corrected chi connectivity index (χ1v) is 7.23. The Kier molecular flexibility index (Phi) is 7.26. The van der Waals surface area contributed by atoms with Gasteiger partial charge in [0.2, 0.25) is 0 Å². The van der Waals surface area contributed by atoms with E-state index in [-0.39, 0.29) is 0 Å². The van der Waals surface area contributed by atoms with Crippen LogP contribution in [0.2, 0.25) is 0 Å². The molecule has 0 amide bonds. The Morgan fingerprint density at radius 2 is 2.25 bits per heavy atom. The molecule has 0 saturated carbocycles. The van der Waals surface area contributed by atoms with E-state index in [0.717, 1.165) is 13.0 Å². The smallest absolute Gasteiger partial charge is 0.0419 e. The quantitative estimate of drug-likeness (QED) is 0.754. The van der Waals surface area contributed by atoms with Crippen LogP contribution in [0.1, 0.15) is 26.0 Å². The number of hydrogen-bond acceptors (Lipinski definition) is 3. The fourth-order valence-corrected chi connectivity index (χ4v) is 2.33. The zero-order valence-electron chi connectivity index (χ0n) is 10.3. The molecular formula is C13H22N2S. The van der Waals surface area contributed by atoms with Crippen molar-refractivity contribution in [3.8, 4) is 0 Å². The van der Waals surface area contributed by atoms with Gasteiger partial charge in [0.15, 0.2) is 0 Å². The van der Waals surface area contributed by atoms with Crippen molar-refractivity contribution >= 4 is 11.8 Å². The molecule has 1 unspecified atom stereocenters. The van der Waals surface area contributed by atoms with E-state index in [4.69, 9.17) is 0 Å². The highest BCUT2D eigenvalue weighted by Crippen LogP contribution is 2.07. The van der Waals surface area contributed by atoms with Gasteiger partial charge in [0.1, 0.15) is 0 Å². The molecule has 0 aliphatic rings. The van der Waals surface area contributed by atoms with Crippen molar-refractivity contribution in [2.24, 2.45) is 0 Å². The Bertz CT molecular complexity index is 256. The maximum atomic E-state index is 4.39. The molecule has 0 saturated heterocycles. The Labute approximate surface area is 103 Å². The summed E-state index contributed by atoms with van der Waals surface area (Å²) in [6, 6.07) is 6.70. The second kappa shape index (κ2) is 8.59. The minimum atomic E-state index is 0.555. The van der Waals surface area contributed by atoms with Crippen LogP contribution in [0.15, 0.2) is 24.4 Å². The largest absolute Gasteiger partial charge is 0.313 e. The second-order valence-electron chi connectivity index (χ2n) is 3.84. The molecule has 0 fully saturated rings. The van der Waals surface area contributed by atoms with Crippen LogP contribution in [0.25, 0.3) is 0 Å².